The molecular weight excluding hydrogens is 222 g/mol. The summed E-state index contributed by atoms with van der Waals surface area (Å²) >= 11 is 0. The molecule has 0 aromatic heterocycles. The van der Waals surface area contributed by atoms with E-state index in [0.717, 1.165) is 24.5 Å². The predicted molar refractivity (Wildman–Crippen MR) is 73.7 cm³/mol. The second-order valence-electron chi connectivity index (χ2n) is 5.98. The minimum Gasteiger partial charge on any atom is -0.490 e. The third-order valence-corrected chi connectivity index (χ3v) is 4.46. The Labute approximate surface area is 110 Å². The van der Waals surface area contributed by atoms with Gasteiger partial charge in [0.1, 0.15) is 5.75 Å². The first-order valence-corrected chi connectivity index (χ1v) is 7.28. The van der Waals surface area contributed by atoms with Crippen molar-refractivity contribution >= 4 is 0 Å². The van der Waals surface area contributed by atoms with Crippen LogP contribution in [-0.4, -0.2) is 6.10 Å². The molecule has 0 saturated heterocycles. The lowest BCUT2D eigenvalue weighted by Gasteiger charge is -2.28. The maximum Gasteiger partial charge on any atom is 0.123 e. The van der Waals surface area contributed by atoms with Crippen LogP contribution in [0.1, 0.15) is 56.2 Å². The molecule has 0 heterocycles. The Morgan fingerprint density at radius 2 is 2.11 bits per heavy atom. The Kier molecular flexibility index (Phi) is 3.29. The van der Waals surface area contributed by atoms with Crippen molar-refractivity contribution in [2.45, 2.75) is 57.6 Å². The van der Waals surface area contributed by atoms with Crippen LogP contribution in [0.5, 0.6) is 5.75 Å². The Bertz CT molecular complexity index is 429. The number of ether oxygens (including phenoxy) is 1. The maximum absolute atomic E-state index is 6.26. The van der Waals surface area contributed by atoms with E-state index in [4.69, 9.17) is 10.5 Å². The standard InChI is InChI=1S/C16H23NO/c1-11-4-2-5-12(10-11)18-16-7-3-6-13-14(16)8-9-15(13)17/h3,6-7,11-12,15H,2,4-5,8-10,17H2,1H3. The number of benzene rings is 1. The fourth-order valence-electron chi connectivity index (χ4n) is 3.43. The van der Waals surface area contributed by atoms with Gasteiger partial charge >= 0.3 is 0 Å². The summed E-state index contributed by atoms with van der Waals surface area (Å²) in [6, 6.07) is 6.58. The Balaban J connectivity index is 1.77. The van der Waals surface area contributed by atoms with E-state index in [1.807, 2.05) is 0 Å². The van der Waals surface area contributed by atoms with Crippen LogP contribution in [0.15, 0.2) is 18.2 Å². The van der Waals surface area contributed by atoms with Crippen molar-refractivity contribution in [3.05, 3.63) is 29.3 Å². The monoisotopic (exact) mass is 245 g/mol. The summed E-state index contributed by atoms with van der Waals surface area (Å²) in [5.74, 6) is 1.90. The zero-order valence-corrected chi connectivity index (χ0v) is 11.2. The van der Waals surface area contributed by atoms with Crippen LogP contribution in [0.25, 0.3) is 0 Å². The van der Waals surface area contributed by atoms with Crippen molar-refractivity contribution in [1.82, 2.24) is 0 Å². The average molecular weight is 245 g/mol. The van der Waals surface area contributed by atoms with Gasteiger partial charge in [-0.25, -0.2) is 0 Å². The number of hydrogen-bond donors (Lipinski definition) is 1. The van der Waals surface area contributed by atoms with E-state index in [9.17, 15) is 0 Å². The van der Waals surface area contributed by atoms with Crippen LogP contribution < -0.4 is 10.5 Å². The van der Waals surface area contributed by atoms with Gasteiger partial charge in [-0.2, -0.15) is 0 Å². The van der Waals surface area contributed by atoms with Crippen LogP contribution in [0.3, 0.4) is 0 Å². The van der Waals surface area contributed by atoms with Gasteiger partial charge in [0.05, 0.1) is 6.10 Å². The molecule has 0 radical (unpaired) electrons. The van der Waals surface area contributed by atoms with E-state index in [1.165, 1.54) is 36.8 Å². The first-order chi connectivity index (χ1) is 8.74. The van der Waals surface area contributed by atoms with Gasteiger partial charge in [-0.05, 0) is 55.2 Å². The molecule has 0 amide bonds. The molecule has 1 aromatic rings. The van der Waals surface area contributed by atoms with E-state index >= 15 is 0 Å². The van der Waals surface area contributed by atoms with Gasteiger partial charge in [0.15, 0.2) is 0 Å². The summed E-state index contributed by atoms with van der Waals surface area (Å²) < 4.78 is 6.26. The summed E-state index contributed by atoms with van der Waals surface area (Å²) in [5, 5.41) is 0. The van der Waals surface area contributed by atoms with Gasteiger partial charge in [-0.15, -0.1) is 0 Å². The largest absolute Gasteiger partial charge is 0.490 e. The number of rotatable bonds is 2. The summed E-state index contributed by atoms with van der Waals surface area (Å²) in [6.45, 7) is 2.33. The molecule has 98 valence electrons. The van der Waals surface area contributed by atoms with E-state index < -0.39 is 0 Å². The Morgan fingerprint density at radius 3 is 2.94 bits per heavy atom. The van der Waals surface area contributed by atoms with Gasteiger partial charge in [0, 0.05) is 6.04 Å². The maximum atomic E-state index is 6.26. The van der Waals surface area contributed by atoms with Crippen molar-refractivity contribution in [3.8, 4) is 5.75 Å². The van der Waals surface area contributed by atoms with Gasteiger partial charge in [0.2, 0.25) is 0 Å². The van der Waals surface area contributed by atoms with Gasteiger partial charge in [-0.1, -0.05) is 25.5 Å². The predicted octanol–water partition coefficient (Wildman–Crippen LogP) is 3.59. The van der Waals surface area contributed by atoms with Crippen LogP contribution in [0, 0.1) is 5.92 Å². The molecule has 1 fully saturated rings. The third kappa shape index (κ3) is 2.26. The molecule has 2 aliphatic carbocycles. The van der Waals surface area contributed by atoms with Crippen molar-refractivity contribution in [1.29, 1.82) is 0 Å². The average Bonchev–Trinajstić information content (AvgIpc) is 2.73. The topological polar surface area (TPSA) is 35.2 Å². The van der Waals surface area contributed by atoms with Crippen LogP contribution in [-0.2, 0) is 6.42 Å². The zero-order chi connectivity index (χ0) is 12.5. The van der Waals surface area contributed by atoms with Crippen molar-refractivity contribution in [2.24, 2.45) is 11.7 Å². The zero-order valence-electron chi connectivity index (χ0n) is 11.2. The van der Waals surface area contributed by atoms with Crippen LogP contribution in [0.2, 0.25) is 0 Å². The molecule has 18 heavy (non-hydrogen) atoms. The normalized spacial score (nSPS) is 31.1. The third-order valence-electron chi connectivity index (χ3n) is 4.46. The minimum absolute atomic E-state index is 0.217. The molecule has 0 spiro atoms. The fraction of sp³-hybridized carbons (Fsp3) is 0.625. The number of nitrogens with two attached hydrogens (primary N) is 1. The quantitative estimate of drug-likeness (QED) is 0.864. The Morgan fingerprint density at radius 1 is 1.22 bits per heavy atom. The molecule has 3 unspecified atom stereocenters. The van der Waals surface area contributed by atoms with Crippen molar-refractivity contribution < 1.29 is 4.74 Å². The van der Waals surface area contributed by atoms with Gasteiger partial charge in [0.25, 0.3) is 0 Å². The van der Waals surface area contributed by atoms with E-state index in [-0.39, 0.29) is 6.04 Å². The number of fused-ring (bicyclic) bond motifs is 1. The SMILES string of the molecule is CC1CCCC(Oc2cccc3c2CCC3N)C1. The van der Waals surface area contributed by atoms with E-state index in [1.54, 1.807) is 0 Å². The molecule has 2 aliphatic rings. The van der Waals surface area contributed by atoms with E-state index in [2.05, 4.69) is 25.1 Å². The lowest BCUT2D eigenvalue weighted by molar-refractivity contribution is 0.128. The summed E-state index contributed by atoms with van der Waals surface area (Å²) in [6.07, 6.45) is 7.64. The lowest BCUT2D eigenvalue weighted by Crippen LogP contribution is -2.24. The highest BCUT2D eigenvalue weighted by Crippen LogP contribution is 2.37. The van der Waals surface area contributed by atoms with Crippen LogP contribution in [0.4, 0.5) is 0 Å². The minimum atomic E-state index is 0.217. The molecule has 1 aromatic carbocycles. The summed E-state index contributed by atoms with van der Waals surface area (Å²) in [5.41, 5.74) is 8.78. The lowest BCUT2D eigenvalue weighted by atomic mass is 9.88. The Hall–Kier alpha value is -1.02. The molecule has 0 aliphatic heterocycles. The molecule has 2 N–H and O–H groups in total. The number of hydrogen-bond acceptors (Lipinski definition) is 2. The van der Waals surface area contributed by atoms with Gasteiger partial charge in [-0.3, -0.25) is 0 Å². The van der Waals surface area contributed by atoms with Crippen molar-refractivity contribution in [2.75, 3.05) is 0 Å². The molecule has 2 heteroatoms. The first-order valence-electron chi connectivity index (χ1n) is 7.28. The van der Waals surface area contributed by atoms with E-state index in [0.29, 0.717) is 6.10 Å². The highest BCUT2D eigenvalue weighted by Gasteiger charge is 2.25. The van der Waals surface area contributed by atoms with Crippen LogP contribution >= 0.6 is 0 Å². The highest BCUT2D eigenvalue weighted by atomic mass is 16.5. The second kappa shape index (κ2) is 4.93. The molecule has 2 nitrogen and oxygen atoms in total. The molecule has 3 rings (SSSR count). The van der Waals surface area contributed by atoms with Crippen molar-refractivity contribution in [3.63, 3.8) is 0 Å². The molecule has 1 saturated carbocycles. The smallest absolute Gasteiger partial charge is 0.123 e. The summed E-state index contributed by atoms with van der Waals surface area (Å²) in [4.78, 5) is 0. The molecule has 3 atom stereocenters. The molecule has 0 bridgehead atoms. The summed E-state index contributed by atoms with van der Waals surface area (Å²) in [7, 11) is 0. The fourth-order valence-corrected chi connectivity index (χ4v) is 3.43. The molecular formula is C16H23NO. The first kappa shape index (κ1) is 12.0. The highest BCUT2D eigenvalue weighted by molar-refractivity contribution is 5.45. The van der Waals surface area contributed by atoms with Gasteiger partial charge < -0.3 is 10.5 Å². The second-order valence-corrected chi connectivity index (χ2v) is 5.98.